The molecule has 0 aliphatic heterocycles. The van der Waals surface area contributed by atoms with Gasteiger partial charge in [0.2, 0.25) is 5.91 Å². The molecule has 0 saturated heterocycles. The van der Waals surface area contributed by atoms with E-state index in [0.717, 1.165) is 42.0 Å². The van der Waals surface area contributed by atoms with Gasteiger partial charge in [-0.2, -0.15) is 0 Å². The molecule has 0 spiro atoms. The Hall–Kier alpha value is -3.66. The molecular formula is C22H25N7O3. The molecule has 32 heavy (non-hydrogen) atoms. The number of amides is 1. The van der Waals surface area contributed by atoms with Gasteiger partial charge in [0, 0.05) is 30.6 Å². The van der Waals surface area contributed by atoms with Crippen molar-refractivity contribution in [3.05, 3.63) is 47.7 Å². The lowest BCUT2D eigenvalue weighted by atomic mass is 10.2. The summed E-state index contributed by atoms with van der Waals surface area (Å²) < 4.78 is 5.48. The number of nitrogens with one attached hydrogen (secondary N) is 1. The number of hydrogen-bond donors (Lipinski definition) is 2. The summed E-state index contributed by atoms with van der Waals surface area (Å²) in [5.74, 6) is 1.98. The van der Waals surface area contributed by atoms with Crippen molar-refractivity contribution in [3.63, 3.8) is 0 Å². The van der Waals surface area contributed by atoms with Crippen LogP contribution in [0.15, 0.2) is 30.7 Å². The lowest BCUT2D eigenvalue weighted by molar-refractivity contribution is -0.115. The summed E-state index contributed by atoms with van der Waals surface area (Å²) in [5, 5.41) is 11.7. The summed E-state index contributed by atoms with van der Waals surface area (Å²) in [5.41, 5.74) is 3.39. The third-order valence-electron chi connectivity index (χ3n) is 5.02. The highest BCUT2D eigenvalue weighted by molar-refractivity contribution is 5.93. The minimum absolute atomic E-state index is 0.0713. The molecule has 0 unspecified atom stereocenters. The van der Waals surface area contributed by atoms with Gasteiger partial charge in [-0.25, -0.2) is 15.0 Å². The number of anilines is 2. The summed E-state index contributed by atoms with van der Waals surface area (Å²) in [6.45, 7) is 2.07. The number of aryl methyl sites for hydroxylation is 2. The van der Waals surface area contributed by atoms with E-state index in [4.69, 9.17) is 19.8 Å². The van der Waals surface area contributed by atoms with Gasteiger partial charge in [0.25, 0.3) is 0 Å². The molecule has 0 atom stereocenters. The first-order valence-electron chi connectivity index (χ1n) is 10.4. The standard InChI is InChI=1S/C22H25N7O3/c1-14-11-25-19(12-24-14)27-20(31)13-29(2)22-16-4-3-5-17(16)26-21(28-22)18-10-15(6-7-23-18)32-9-8-30/h6-7,10-12,30H,3-5,8-9,13H2,1-2H3,(H,25,27,31). The Morgan fingerprint density at radius 1 is 1.22 bits per heavy atom. The number of pyridine rings is 1. The molecule has 3 aromatic rings. The van der Waals surface area contributed by atoms with Crippen molar-refractivity contribution in [1.29, 1.82) is 0 Å². The Balaban J connectivity index is 1.56. The van der Waals surface area contributed by atoms with Crippen LogP contribution < -0.4 is 15.0 Å². The predicted octanol–water partition coefficient (Wildman–Crippen LogP) is 1.57. The van der Waals surface area contributed by atoms with Crippen molar-refractivity contribution < 1.29 is 14.6 Å². The molecule has 2 N–H and O–H groups in total. The molecule has 1 amide bonds. The number of carbonyl (C=O) groups is 1. The second kappa shape index (κ2) is 9.65. The van der Waals surface area contributed by atoms with E-state index in [9.17, 15) is 4.79 Å². The Bertz CT molecular complexity index is 1110. The van der Waals surface area contributed by atoms with Gasteiger partial charge in [-0.1, -0.05) is 0 Å². The van der Waals surface area contributed by atoms with E-state index >= 15 is 0 Å². The quantitative estimate of drug-likeness (QED) is 0.542. The van der Waals surface area contributed by atoms with Gasteiger partial charge in [-0.05, 0) is 32.3 Å². The van der Waals surface area contributed by atoms with E-state index in [-0.39, 0.29) is 25.7 Å². The van der Waals surface area contributed by atoms with Crippen LogP contribution in [0.25, 0.3) is 11.5 Å². The Morgan fingerprint density at radius 3 is 2.88 bits per heavy atom. The van der Waals surface area contributed by atoms with E-state index in [1.165, 1.54) is 6.20 Å². The number of aromatic nitrogens is 5. The van der Waals surface area contributed by atoms with E-state index in [2.05, 4.69) is 20.3 Å². The van der Waals surface area contributed by atoms with Crippen molar-refractivity contribution in [2.75, 3.05) is 37.0 Å². The van der Waals surface area contributed by atoms with Gasteiger partial charge < -0.3 is 20.1 Å². The highest BCUT2D eigenvalue weighted by Crippen LogP contribution is 2.31. The van der Waals surface area contributed by atoms with Crippen molar-refractivity contribution in [1.82, 2.24) is 24.9 Å². The van der Waals surface area contributed by atoms with Gasteiger partial charge in [0.05, 0.1) is 31.2 Å². The zero-order valence-electron chi connectivity index (χ0n) is 18.1. The van der Waals surface area contributed by atoms with Crippen molar-refractivity contribution >= 4 is 17.5 Å². The van der Waals surface area contributed by atoms with Crippen LogP contribution in [0.3, 0.4) is 0 Å². The molecule has 0 aromatic carbocycles. The SMILES string of the molecule is Cc1cnc(NC(=O)CN(C)c2nc(-c3cc(OCCO)ccn3)nc3c2CCC3)cn1. The van der Waals surface area contributed by atoms with E-state index in [0.29, 0.717) is 23.1 Å². The molecule has 0 radical (unpaired) electrons. The summed E-state index contributed by atoms with van der Waals surface area (Å²) in [6.07, 6.45) is 7.48. The molecule has 0 saturated carbocycles. The van der Waals surface area contributed by atoms with Crippen LogP contribution in [-0.4, -0.2) is 62.7 Å². The van der Waals surface area contributed by atoms with Crippen LogP contribution in [0, 0.1) is 6.92 Å². The molecule has 166 valence electrons. The van der Waals surface area contributed by atoms with Gasteiger partial charge in [-0.15, -0.1) is 0 Å². The van der Waals surface area contributed by atoms with Crippen molar-refractivity contribution in [2.45, 2.75) is 26.2 Å². The minimum Gasteiger partial charge on any atom is -0.491 e. The Kier molecular flexibility index (Phi) is 6.50. The fourth-order valence-electron chi connectivity index (χ4n) is 3.56. The van der Waals surface area contributed by atoms with Crippen LogP contribution in [0.1, 0.15) is 23.4 Å². The van der Waals surface area contributed by atoms with Gasteiger partial charge >= 0.3 is 0 Å². The van der Waals surface area contributed by atoms with Crippen LogP contribution >= 0.6 is 0 Å². The van der Waals surface area contributed by atoms with Gasteiger partial charge in [0.1, 0.15) is 23.9 Å². The number of likely N-dealkylation sites (N-methyl/N-ethyl adjacent to an activating group) is 1. The highest BCUT2D eigenvalue weighted by atomic mass is 16.5. The zero-order chi connectivity index (χ0) is 22.5. The molecule has 0 fully saturated rings. The molecule has 3 heterocycles. The normalized spacial score (nSPS) is 12.3. The predicted molar refractivity (Wildman–Crippen MR) is 119 cm³/mol. The summed E-state index contributed by atoms with van der Waals surface area (Å²) in [6, 6.07) is 3.47. The maximum absolute atomic E-state index is 12.6. The molecule has 1 aliphatic carbocycles. The number of nitrogens with zero attached hydrogens (tertiary/aromatic N) is 6. The minimum atomic E-state index is -0.213. The number of rotatable bonds is 8. The average molecular weight is 435 g/mol. The Morgan fingerprint density at radius 2 is 2.09 bits per heavy atom. The smallest absolute Gasteiger partial charge is 0.245 e. The highest BCUT2D eigenvalue weighted by Gasteiger charge is 2.23. The molecular weight excluding hydrogens is 410 g/mol. The largest absolute Gasteiger partial charge is 0.491 e. The van der Waals surface area contributed by atoms with Crippen molar-refractivity contribution in [2.24, 2.45) is 0 Å². The fraction of sp³-hybridized carbons (Fsp3) is 0.364. The second-order valence-corrected chi connectivity index (χ2v) is 7.55. The zero-order valence-corrected chi connectivity index (χ0v) is 18.1. The maximum atomic E-state index is 12.6. The lowest BCUT2D eigenvalue weighted by Gasteiger charge is -2.21. The van der Waals surface area contributed by atoms with Crippen molar-refractivity contribution in [3.8, 4) is 17.3 Å². The van der Waals surface area contributed by atoms with E-state index in [1.54, 1.807) is 24.5 Å². The topological polar surface area (TPSA) is 126 Å². The molecule has 1 aliphatic rings. The number of hydrogen-bond acceptors (Lipinski definition) is 9. The third-order valence-corrected chi connectivity index (χ3v) is 5.02. The molecule has 0 bridgehead atoms. The third kappa shape index (κ3) is 4.97. The van der Waals surface area contributed by atoms with Crippen LogP contribution in [0.4, 0.5) is 11.6 Å². The molecule has 3 aromatic heterocycles. The van der Waals surface area contributed by atoms with E-state index < -0.39 is 0 Å². The maximum Gasteiger partial charge on any atom is 0.245 e. The molecule has 10 nitrogen and oxygen atoms in total. The summed E-state index contributed by atoms with van der Waals surface area (Å²) >= 11 is 0. The van der Waals surface area contributed by atoms with Gasteiger partial charge in [0.15, 0.2) is 11.6 Å². The molecule has 4 rings (SSSR count). The van der Waals surface area contributed by atoms with Crippen LogP contribution in [-0.2, 0) is 17.6 Å². The lowest BCUT2D eigenvalue weighted by Crippen LogP contribution is -2.32. The summed E-state index contributed by atoms with van der Waals surface area (Å²) in [7, 11) is 1.83. The first-order chi connectivity index (χ1) is 15.5. The number of carbonyl (C=O) groups excluding carboxylic acids is 1. The Labute approximate surface area is 185 Å². The first-order valence-corrected chi connectivity index (χ1v) is 10.4. The van der Waals surface area contributed by atoms with Crippen LogP contribution in [0.5, 0.6) is 5.75 Å². The van der Waals surface area contributed by atoms with Gasteiger partial charge in [-0.3, -0.25) is 14.8 Å². The average Bonchev–Trinajstić information content (AvgIpc) is 3.27. The monoisotopic (exact) mass is 435 g/mol. The molecule has 10 heteroatoms. The second-order valence-electron chi connectivity index (χ2n) is 7.55. The first kappa shape index (κ1) is 21.6. The number of aliphatic hydroxyl groups excluding tert-OH is 1. The number of aliphatic hydroxyl groups is 1. The number of ether oxygens (including phenoxy) is 1. The number of fused-ring (bicyclic) bond motifs is 1. The summed E-state index contributed by atoms with van der Waals surface area (Å²) in [4.78, 5) is 36.5. The van der Waals surface area contributed by atoms with Crippen LogP contribution in [0.2, 0.25) is 0 Å². The van der Waals surface area contributed by atoms with E-state index in [1.807, 2.05) is 18.9 Å². The fourth-order valence-corrected chi connectivity index (χ4v) is 3.56.